The van der Waals surface area contributed by atoms with E-state index >= 15 is 0 Å². The summed E-state index contributed by atoms with van der Waals surface area (Å²) in [6, 6.07) is 4.32. The molecule has 0 bridgehead atoms. The van der Waals surface area contributed by atoms with Crippen LogP contribution in [-0.2, 0) is 6.54 Å². The Morgan fingerprint density at radius 3 is 2.71 bits per heavy atom. The van der Waals surface area contributed by atoms with Gasteiger partial charge in [0, 0.05) is 56.5 Å². The van der Waals surface area contributed by atoms with E-state index in [1.54, 1.807) is 0 Å². The number of guanidine groups is 1. The Balaban J connectivity index is 1.55. The normalized spacial score (nSPS) is 21.2. The standard InChI is InChI=1S/C18H29N5S/c1-18(2)14-23(10-11-24-18)17(19-3)21-13-15-6-7-16(20-12-15)22-8-4-5-9-22/h6-7,12H,4-5,8-11,13-14H2,1-3H3,(H,19,21). The minimum absolute atomic E-state index is 0.287. The van der Waals surface area contributed by atoms with Gasteiger partial charge in [-0.2, -0.15) is 11.8 Å². The zero-order chi connectivity index (χ0) is 17.0. The average molecular weight is 348 g/mol. The van der Waals surface area contributed by atoms with E-state index in [0.717, 1.165) is 50.3 Å². The summed E-state index contributed by atoms with van der Waals surface area (Å²) in [6.45, 7) is 9.74. The molecule has 24 heavy (non-hydrogen) atoms. The molecule has 2 fully saturated rings. The van der Waals surface area contributed by atoms with Gasteiger partial charge in [-0.3, -0.25) is 4.99 Å². The molecule has 0 aliphatic carbocycles. The Morgan fingerprint density at radius 1 is 1.29 bits per heavy atom. The number of thioether (sulfide) groups is 1. The first-order valence-corrected chi connectivity index (χ1v) is 9.85. The van der Waals surface area contributed by atoms with Gasteiger partial charge in [0.15, 0.2) is 5.96 Å². The van der Waals surface area contributed by atoms with E-state index in [-0.39, 0.29) is 4.75 Å². The highest BCUT2D eigenvalue weighted by Gasteiger charge is 2.28. The Hall–Kier alpha value is -1.43. The predicted octanol–water partition coefficient (Wildman–Crippen LogP) is 2.58. The van der Waals surface area contributed by atoms with Gasteiger partial charge >= 0.3 is 0 Å². The lowest BCUT2D eigenvalue weighted by Crippen LogP contribution is -2.50. The van der Waals surface area contributed by atoms with Gasteiger partial charge in [-0.05, 0) is 38.3 Å². The van der Waals surface area contributed by atoms with Gasteiger partial charge < -0.3 is 15.1 Å². The van der Waals surface area contributed by atoms with Crippen molar-refractivity contribution in [2.75, 3.05) is 43.9 Å². The van der Waals surface area contributed by atoms with Crippen molar-refractivity contribution in [1.82, 2.24) is 15.2 Å². The lowest BCUT2D eigenvalue weighted by Gasteiger charge is -2.39. The lowest BCUT2D eigenvalue weighted by molar-refractivity contribution is 0.375. The van der Waals surface area contributed by atoms with Crippen LogP contribution in [0, 0.1) is 0 Å². The summed E-state index contributed by atoms with van der Waals surface area (Å²) < 4.78 is 0.287. The monoisotopic (exact) mass is 347 g/mol. The fourth-order valence-electron chi connectivity index (χ4n) is 3.37. The van der Waals surface area contributed by atoms with Crippen LogP contribution in [-0.4, -0.2) is 59.6 Å². The Morgan fingerprint density at radius 2 is 2.08 bits per heavy atom. The smallest absolute Gasteiger partial charge is 0.193 e. The number of anilines is 1. The van der Waals surface area contributed by atoms with Crippen LogP contribution in [0.15, 0.2) is 23.3 Å². The lowest BCUT2D eigenvalue weighted by atomic mass is 10.2. The summed E-state index contributed by atoms with van der Waals surface area (Å²) in [6.07, 6.45) is 4.56. The Bertz CT molecular complexity index is 563. The van der Waals surface area contributed by atoms with Crippen molar-refractivity contribution in [1.29, 1.82) is 0 Å². The zero-order valence-corrected chi connectivity index (χ0v) is 15.9. The van der Waals surface area contributed by atoms with E-state index in [9.17, 15) is 0 Å². The maximum Gasteiger partial charge on any atom is 0.193 e. The summed E-state index contributed by atoms with van der Waals surface area (Å²) in [5, 5.41) is 3.50. The average Bonchev–Trinajstić information content (AvgIpc) is 3.10. The number of rotatable bonds is 3. The number of nitrogens with zero attached hydrogens (tertiary/aromatic N) is 4. The van der Waals surface area contributed by atoms with Crippen LogP contribution in [0.25, 0.3) is 0 Å². The van der Waals surface area contributed by atoms with Crippen molar-refractivity contribution in [3.8, 4) is 0 Å². The molecule has 2 aliphatic rings. The van der Waals surface area contributed by atoms with Gasteiger partial charge in [0.05, 0.1) is 0 Å². The number of aromatic nitrogens is 1. The molecule has 2 saturated heterocycles. The van der Waals surface area contributed by atoms with E-state index < -0.39 is 0 Å². The van der Waals surface area contributed by atoms with Gasteiger partial charge in [-0.15, -0.1) is 0 Å². The van der Waals surface area contributed by atoms with Crippen molar-refractivity contribution in [3.63, 3.8) is 0 Å². The molecule has 0 aromatic carbocycles. The topological polar surface area (TPSA) is 43.8 Å². The number of pyridine rings is 1. The summed E-state index contributed by atoms with van der Waals surface area (Å²) in [5.41, 5.74) is 1.20. The maximum atomic E-state index is 4.63. The fraction of sp³-hybridized carbons (Fsp3) is 0.667. The molecule has 0 unspecified atom stereocenters. The van der Waals surface area contributed by atoms with E-state index in [1.165, 1.54) is 18.4 Å². The molecule has 1 N–H and O–H groups in total. The third-order valence-corrected chi connectivity index (χ3v) is 5.92. The van der Waals surface area contributed by atoms with Crippen LogP contribution >= 0.6 is 11.8 Å². The highest BCUT2D eigenvalue weighted by molar-refractivity contribution is 8.00. The molecule has 0 radical (unpaired) electrons. The largest absolute Gasteiger partial charge is 0.357 e. The van der Waals surface area contributed by atoms with Gasteiger partial charge in [-0.1, -0.05) is 6.07 Å². The molecule has 0 spiro atoms. The first-order valence-electron chi connectivity index (χ1n) is 8.87. The maximum absolute atomic E-state index is 4.63. The molecule has 3 rings (SSSR count). The second-order valence-corrected chi connectivity index (χ2v) is 8.95. The van der Waals surface area contributed by atoms with Crippen molar-refractivity contribution in [3.05, 3.63) is 23.9 Å². The van der Waals surface area contributed by atoms with Gasteiger partial charge in [-0.25, -0.2) is 4.98 Å². The van der Waals surface area contributed by atoms with Crippen LogP contribution in [0.2, 0.25) is 0 Å². The second kappa shape index (κ2) is 7.64. The third kappa shape index (κ3) is 4.35. The summed E-state index contributed by atoms with van der Waals surface area (Å²) >= 11 is 2.04. The Labute approximate surface area is 149 Å². The van der Waals surface area contributed by atoms with E-state index in [0.29, 0.717) is 0 Å². The van der Waals surface area contributed by atoms with Gasteiger partial charge in [0.2, 0.25) is 0 Å². The number of aliphatic imine (C=N–C) groups is 1. The molecule has 132 valence electrons. The van der Waals surface area contributed by atoms with Crippen molar-refractivity contribution >= 4 is 23.5 Å². The van der Waals surface area contributed by atoms with E-state index in [1.807, 2.05) is 25.0 Å². The zero-order valence-electron chi connectivity index (χ0n) is 15.1. The van der Waals surface area contributed by atoms with Gasteiger partial charge in [0.1, 0.15) is 5.82 Å². The third-order valence-electron chi connectivity index (χ3n) is 4.63. The second-order valence-electron chi connectivity index (χ2n) is 7.15. The first kappa shape index (κ1) is 17.4. The quantitative estimate of drug-likeness (QED) is 0.672. The van der Waals surface area contributed by atoms with Gasteiger partial charge in [0.25, 0.3) is 0 Å². The van der Waals surface area contributed by atoms with Crippen LogP contribution in [0.5, 0.6) is 0 Å². The van der Waals surface area contributed by atoms with Crippen LogP contribution in [0.4, 0.5) is 5.82 Å². The van der Waals surface area contributed by atoms with Crippen LogP contribution < -0.4 is 10.2 Å². The van der Waals surface area contributed by atoms with E-state index in [2.05, 4.69) is 51.1 Å². The molecular formula is C18H29N5S. The number of hydrogen-bond donors (Lipinski definition) is 1. The summed E-state index contributed by atoms with van der Waals surface area (Å²) in [4.78, 5) is 13.8. The van der Waals surface area contributed by atoms with Crippen molar-refractivity contribution in [2.24, 2.45) is 4.99 Å². The number of hydrogen-bond acceptors (Lipinski definition) is 4. The van der Waals surface area contributed by atoms with Crippen molar-refractivity contribution in [2.45, 2.75) is 38.0 Å². The molecule has 5 nitrogen and oxygen atoms in total. The number of nitrogens with one attached hydrogen (secondary N) is 1. The highest BCUT2D eigenvalue weighted by atomic mass is 32.2. The van der Waals surface area contributed by atoms with E-state index in [4.69, 9.17) is 0 Å². The summed E-state index contributed by atoms with van der Waals surface area (Å²) in [5.74, 6) is 3.25. The van der Waals surface area contributed by atoms with Crippen molar-refractivity contribution < 1.29 is 0 Å². The molecular weight excluding hydrogens is 318 g/mol. The fourth-order valence-corrected chi connectivity index (χ4v) is 4.48. The Kier molecular flexibility index (Phi) is 5.54. The SMILES string of the molecule is CN=C(NCc1ccc(N2CCCC2)nc1)N1CCSC(C)(C)C1. The highest BCUT2D eigenvalue weighted by Crippen LogP contribution is 2.29. The minimum atomic E-state index is 0.287. The minimum Gasteiger partial charge on any atom is -0.357 e. The molecule has 0 amide bonds. The molecule has 3 heterocycles. The molecule has 1 aromatic heterocycles. The molecule has 1 aromatic rings. The molecule has 0 atom stereocenters. The van der Waals surface area contributed by atoms with Crippen LogP contribution in [0.3, 0.4) is 0 Å². The first-order chi connectivity index (χ1) is 11.6. The molecule has 0 saturated carbocycles. The summed E-state index contributed by atoms with van der Waals surface area (Å²) in [7, 11) is 1.87. The molecule has 2 aliphatic heterocycles. The predicted molar refractivity (Wildman–Crippen MR) is 104 cm³/mol. The molecule has 6 heteroatoms. The van der Waals surface area contributed by atoms with Crippen LogP contribution in [0.1, 0.15) is 32.3 Å².